The van der Waals surface area contributed by atoms with E-state index in [1.54, 1.807) is 6.20 Å². The third-order valence-corrected chi connectivity index (χ3v) is 5.40. The second-order valence-electron chi connectivity index (χ2n) is 9.15. The smallest absolute Gasteiger partial charge is 0.433 e. The number of nitrogens with zero attached hydrogens (tertiary/aromatic N) is 6. The number of alkyl halides is 3. The van der Waals surface area contributed by atoms with Gasteiger partial charge < -0.3 is 14.9 Å². The molecule has 0 aromatic carbocycles. The van der Waals surface area contributed by atoms with E-state index in [2.05, 4.69) is 24.8 Å². The first-order valence-corrected chi connectivity index (χ1v) is 11.0. The third-order valence-electron chi connectivity index (χ3n) is 5.40. The molecule has 0 saturated carbocycles. The summed E-state index contributed by atoms with van der Waals surface area (Å²) in [5, 5.41) is 9.41. The fourth-order valence-electron chi connectivity index (χ4n) is 3.63. The molecule has 0 unspecified atom stereocenters. The SMILES string of the molecule is CC(C)(C)c1nc(N2CCCN(CCCCc3nccc(O)n3)CC2)cc(C(F)(F)F)n1. The summed E-state index contributed by atoms with van der Waals surface area (Å²) in [5.41, 5.74) is -1.46. The number of hydrogen-bond acceptors (Lipinski definition) is 7. The van der Waals surface area contributed by atoms with Gasteiger partial charge >= 0.3 is 6.18 Å². The molecule has 10 heteroatoms. The maximum Gasteiger partial charge on any atom is 0.433 e. The van der Waals surface area contributed by atoms with Crippen LogP contribution in [0.1, 0.15) is 57.4 Å². The predicted octanol–water partition coefficient (Wildman–Crippen LogP) is 3.82. The lowest BCUT2D eigenvalue weighted by Crippen LogP contribution is -2.33. The number of aromatic hydroxyl groups is 1. The van der Waals surface area contributed by atoms with Gasteiger partial charge in [-0.25, -0.2) is 15.0 Å². The van der Waals surface area contributed by atoms with Crippen molar-refractivity contribution in [3.05, 3.63) is 35.7 Å². The molecule has 7 nitrogen and oxygen atoms in total. The Labute approximate surface area is 186 Å². The quantitative estimate of drug-likeness (QED) is 0.668. The Balaban J connectivity index is 1.58. The molecule has 1 fully saturated rings. The number of unbranched alkanes of at least 4 members (excludes halogenated alkanes) is 1. The van der Waals surface area contributed by atoms with E-state index in [1.165, 1.54) is 6.07 Å². The molecule has 0 radical (unpaired) electrons. The first-order chi connectivity index (χ1) is 15.0. The Morgan fingerprint density at radius 1 is 1.00 bits per heavy atom. The van der Waals surface area contributed by atoms with Crippen molar-refractivity contribution >= 4 is 5.82 Å². The maximum atomic E-state index is 13.4. The summed E-state index contributed by atoms with van der Waals surface area (Å²) < 4.78 is 40.3. The van der Waals surface area contributed by atoms with Crippen molar-refractivity contribution in [2.24, 2.45) is 0 Å². The van der Waals surface area contributed by atoms with Crippen LogP contribution in [0, 0.1) is 0 Å². The topological polar surface area (TPSA) is 78.3 Å². The van der Waals surface area contributed by atoms with Crippen LogP contribution < -0.4 is 4.90 Å². The fourth-order valence-corrected chi connectivity index (χ4v) is 3.63. The van der Waals surface area contributed by atoms with Crippen molar-refractivity contribution in [3.8, 4) is 5.88 Å². The molecular weight excluding hydrogens is 421 g/mol. The molecule has 0 aliphatic carbocycles. The lowest BCUT2D eigenvalue weighted by Gasteiger charge is -2.26. The van der Waals surface area contributed by atoms with Gasteiger partial charge in [0.1, 0.15) is 23.2 Å². The molecule has 1 N–H and O–H groups in total. The van der Waals surface area contributed by atoms with Gasteiger partial charge in [0, 0.05) is 49.8 Å². The van der Waals surface area contributed by atoms with Crippen LogP contribution in [0.3, 0.4) is 0 Å². The summed E-state index contributed by atoms with van der Waals surface area (Å²) in [6.07, 6.45) is 0.452. The Bertz CT molecular complexity index is 868. The molecule has 3 rings (SSSR count). The highest BCUT2D eigenvalue weighted by molar-refractivity contribution is 5.41. The zero-order chi connectivity index (χ0) is 23.4. The summed E-state index contributed by atoms with van der Waals surface area (Å²) in [7, 11) is 0. The normalized spacial score (nSPS) is 16.2. The molecule has 0 amide bonds. The van der Waals surface area contributed by atoms with Crippen LogP contribution >= 0.6 is 0 Å². The molecule has 0 bridgehead atoms. The van der Waals surface area contributed by atoms with Gasteiger partial charge in [-0.2, -0.15) is 18.2 Å². The minimum Gasteiger partial charge on any atom is -0.493 e. The first-order valence-electron chi connectivity index (χ1n) is 11.0. The van der Waals surface area contributed by atoms with E-state index in [1.807, 2.05) is 25.7 Å². The van der Waals surface area contributed by atoms with E-state index in [9.17, 15) is 18.3 Å². The summed E-state index contributed by atoms with van der Waals surface area (Å²) in [6.45, 7) is 9.28. The number of aryl methyl sites for hydroxylation is 1. The molecule has 1 saturated heterocycles. The highest BCUT2D eigenvalue weighted by atomic mass is 19.4. The van der Waals surface area contributed by atoms with E-state index in [0.29, 0.717) is 31.2 Å². The minimum absolute atomic E-state index is 0.0179. The molecule has 1 aliphatic rings. The van der Waals surface area contributed by atoms with Gasteiger partial charge in [0.15, 0.2) is 0 Å². The molecule has 176 valence electrons. The van der Waals surface area contributed by atoms with E-state index < -0.39 is 17.3 Å². The average Bonchev–Trinajstić information content (AvgIpc) is 2.95. The van der Waals surface area contributed by atoms with E-state index >= 15 is 0 Å². The summed E-state index contributed by atoms with van der Waals surface area (Å²) in [6, 6.07) is 2.52. The van der Waals surface area contributed by atoms with Crippen LogP contribution in [-0.2, 0) is 18.0 Å². The first kappa shape index (κ1) is 24.2. The second kappa shape index (κ2) is 9.97. The summed E-state index contributed by atoms with van der Waals surface area (Å²) in [4.78, 5) is 20.7. The van der Waals surface area contributed by atoms with Crippen LogP contribution in [0.25, 0.3) is 0 Å². The molecule has 2 aromatic rings. The predicted molar refractivity (Wildman–Crippen MR) is 116 cm³/mol. The molecule has 1 aliphatic heterocycles. The van der Waals surface area contributed by atoms with Gasteiger partial charge in [0.2, 0.25) is 5.88 Å². The average molecular weight is 453 g/mol. The van der Waals surface area contributed by atoms with Gasteiger partial charge in [-0.05, 0) is 32.4 Å². The number of anilines is 1. The lowest BCUT2D eigenvalue weighted by molar-refractivity contribution is -0.141. The number of rotatable bonds is 6. The fraction of sp³-hybridized carbons (Fsp3) is 0.636. The standard InChI is InChI=1S/C22H31F3N6O/c1-21(2,3)20-27-16(22(23,24)25)15-18(29-20)31-12-6-11-30(13-14-31)10-5-4-7-17-26-9-8-19(32)28-17/h8-9,15H,4-7,10-14H2,1-3H3,(H,26,28,32). The van der Waals surface area contributed by atoms with Gasteiger partial charge in [-0.1, -0.05) is 20.8 Å². The van der Waals surface area contributed by atoms with E-state index in [4.69, 9.17) is 0 Å². The van der Waals surface area contributed by atoms with Crippen LogP contribution in [0.4, 0.5) is 19.0 Å². The highest BCUT2D eigenvalue weighted by Crippen LogP contribution is 2.32. The van der Waals surface area contributed by atoms with Gasteiger partial charge in [0.25, 0.3) is 0 Å². The van der Waals surface area contributed by atoms with Crippen LogP contribution in [-0.4, -0.2) is 62.7 Å². The zero-order valence-electron chi connectivity index (χ0n) is 18.9. The van der Waals surface area contributed by atoms with E-state index in [-0.39, 0.29) is 11.7 Å². The number of hydrogen-bond donors (Lipinski definition) is 1. The van der Waals surface area contributed by atoms with Crippen molar-refractivity contribution in [3.63, 3.8) is 0 Å². The zero-order valence-corrected chi connectivity index (χ0v) is 18.9. The third kappa shape index (κ3) is 6.75. The van der Waals surface area contributed by atoms with Crippen molar-refractivity contribution < 1.29 is 18.3 Å². The molecule has 3 heterocycles. The number of aromatic nitrogens is 4. The van der Waals surface area contributed by atoms with E-state index in [0.717, 1.165) is 45.0 Å². The van der Waals surface area contributed by atoms with Crippen molar-refractivity contribution in [2.75, 3.05) is 37.6 Å². The van der Waals surface area contributed by atoms with Gasteiger partial charge in [-0.15, -0.1) is 0 Å². The van der Waals surface area contributed by atoms with Crippen molar-refractivity contribution in [1.29, 1.82) is 0 Å². The highest BCUT2D eigenvalue weighted by Gasteiger charge is 2.35. The molecule has 2 aromatic heterocycles. The Morgan fingerprint density at radius 3 is 2.47 bits per heavy atom. The Kier molecular flexibility index (Phi) is 7.53. The van der Waals surface area contributed by atoms with Crippen molar-refractivity contribution in [2.45, 2.75) is 58.0 Å². The minimum atomic E-state index is -4.51. The molecule has 32 heavy (non-hydrogen) atoms. The number of halogens is 3. The molecular formula is C22H31F3N6O. The van der Waals surface area contributed by atoms with Crippen LogP contribution in [0.2, 0.25) is 0 Å². The molecule has 0 spiro atoms. The Morgan fingerprint density at radius 2 is 1.78 bits per heavy atom. The second-order valence-corrected chi connectivity index (χ2v) is 9.15. The maximum absolute atomic E-state index is 13.4. The van der Waals surface area contributed by atoms with Gasteiger partial charge in [-0.3, -0.25) is 0 Å². The lowest BCUT2D eigenvalue weighted by atomic mass is 9.95. The Hall–Kier alpha value is -2.49. The largest absolute Gasteiger partial charge is 0.493 e. The van der Waals surface area contributed by atoms with Crippen molar-refractivity contribution in [1.82, 2.24) is 24.8 Å². The monoisotopic (exact) mass is 452 g/mol. The van der Waals surface area contributed by atoms with Crippen LogP contribution in [0.15, 0.2) is 18.3 Å². The molecule has 0 atom stereocenters. The summed E-state index contributed by atoms with van der Waals surface area (Å²) >= 11 is 0. The van der Waals surface area contributed by atoms with Crippen LogP contribution in [0.5, 0.6) is 5.88 Å². The van der Waals surface area contributed by atoms with Gasteiger partial charge in [0.05, 0.1) is 0 Å². The summed E-state index contributed by atoms with van der Waals surface area (Å²) in [5.74, 6) is 1.17.